The summed E-state index contributed by atoms with van der Waals surface area (Å²) < 4.78 is 1.04. The van der Waals surface area contributed by atoms with Gasteiger partial charge in [-0.2, -0.15) is 0 Å². The van der Waals surface area contributed by atoms with Gasteiger partial charge < -0.3 is 16.0 Å². The van der Waals surface area contributed by atoms with Crippen LogP contribution in [0.5, 0.6) is 0 Å². The van der Waals surface area contributed by atoms with Gasteiger partial charge in [0.15, 0.2) is 0 Å². The number of nitrogens with zero attached hydrogens (tertiary/aromatic N) is 2. The highest BCUT2D eigenvalue weighted by Crippen LogP contribution is 2.33. The summed E-state index contributed by atoms with van der Waals surface area (Å²) in [6.07, 6.45) is 6.62. The Morgan fingerprint density at radius 3 is 2.50 bits per heavy atom. The smallest absolute Gasteiger partial charge is 0.262 e. The van der Waals surface area contributed by atoms with Crippen LogP contribution in [0, 0.1) is 0 Å². The topological polar surface area (TPSA) is 103 Å². The second-order valence-electron chi connectivity index (χ2n) is 11.9. The molecular weight excluding hydrogens is 570 g/mol. The number of amides is 3. The fourth-order valence-corrected chi connectivity index (χ4v) is 7.53. The minimum absolute atomic E-state index is 0.0464. The molecule has 2 aromatic carbocycles. The number of carbonyl (C=O) groups excluding carboxylic acids is 3. The van der Waals surface area contributed by atoms with E-state index in [2.05, 4.69) is 56.2 Å². The Labute approximate surface area is 262 Å². The van der Waals surface area contributed by atoms with Crippen molar-refractivity contribution in [1.82, 2.24) is 25.8 Å². The molecule has 1 aliphatic carbocycles. The molecule has 9 heteroatoms. The second kappa shape index (κ2) is 13.7. The first-order chi connectivity index (χ1) is 21.5. The third-order valence-corrected chi connectivity index (χ3v) is 10.0. The zero-order valence-corrected chi connectivity index (χ0v) is 25.7. The summed E-state index contributed by atoms with van der Waals surface area (Å²) >= 11 is 1.43. The van der Waals surface area contributed by atoms with Crippen LogP contribution in [-0.4, -0.2) is 52.3 Å². The van der Waals surface area contributed by atoms with Crippen molar-refractivity contribution in [3.05, 3.63) is 101 Å². The number of rotatable bonds is 10. The van der Waals surface area contributed by atoms with Crippen LogP contribution in [0.1, 0.15) is 71.9 Å². The molecule has 228 valence electrons. The molecule has 8 nitrogen and oxygen atoms in total. The zero-order chi connectivity index (χ0) is 30.4. The van der Waals surface area contributed by atoms with Crippen LogP contribution < -0.4 is 16.0 Å². The lowest BCUT2D eigenvalue weighted by Crippen LogP contribution is -2.57. The maximum Gasteiger partial charge on any atom is 0.262 e. The Morgan fingerprint density at radius 1 is 0.955 bits per heavy atom. The summed E-state index contributed by atoms with van der Waals surface area (Å²) in [4.78, 5) is 47.2. The fraction of sp³-hybridized carbons (Fsp3) is 0.371. The number of pyridine rings is 1. The molecule has 0 bridgehead atoms. The number of nitrogens with one attached hydrogen (secondary N) is 3. The molecule has 1 saturated carbocycles. The Kier molecular flexibility index (Phi) is 9.33. The van der Waals surface area contributed by atoms with Gasteiger partial charge in [0.1, 0.15) is 5.54 Å². The quantitative estimate of drug-likeness (QED) is 0.225. The highest BCUT2D eigenvalue weighted by Gasteiger charge is 2.42. The molecule has 0 spiro atoms. The highest BCUT2D eigenvalue weighted by atomic mass is 32.1. The molecule has 4 aromatic rings. The molecule has 0 radical (unpaired) electrons. The Morgan fingerprint density at radius 2 is 1.73 bits per heavy atom. The van der Waals surface area contributed by atoms with E-state index in [0.29, 0.717) is 17.7 Å². The van der Waals surface area contributed by atoms with E-state index in [-0.39, 0.29) is 42.8 Å². The monoisotopic (exact) mass is 609 g/mol. The van der Waals surface area contributed by atoms with Crippen molar-refractivity contribution in [1.29, 1.82) is 0 Å². The predicted molar refractivity (Wildman–Crippen MR) is 173 cm³/mol. The van der Waals surface area contributed by atoms with Gasteiger partial charge in [-0.25, -0.2) is 0 Å². The molecule has 2 aliphatic rings. The van der Waals surface area contributed by atoms with Gasteiger partial charge in [0, 0.05) is 49.0 Å². The van der Waals surface area contributed by atoms with Gasteiger partial charge in [-0.05, 0) is 60.9 Å². The van der Waals surface area contributed by atoms with Crippen LogP contribution in [0.4, 0.5) is 0 Å². The van der Waals surface area contributed by atoms with E-state index in [9.17, 15) is 14.4 Å². The minimum Gasteiger partial charge on any atom is -0.354 e. The first kappa shape index (κ1) is 30.0. The SMILES string of the molecule is O=C(CCNC(=O)C1(NC(=O)c2cc3ccccc3s2)CCCC1)NC1CCN(Cc2ccccn2)C(c2ccccc2)C1. The van der Waals surface area contributed by atoms with E-state index in [4.69, 9.17) is 0 Å². The van der Waals surface area contributed by atoms with Gasteiger partial charge in [-0.3, -0.25) is 24.3 Å². The molecule has 1 aliphatic heterocycles. The molecule has 2 atom stereocenters. The van der Waals surface area contributed by atoms with Crippen LogP contribution in [0.3, 0.4) is 0 Å². The largest absolute Gasteiger partial charge is 0.354 e. The molecule has 44 heavy (non-hydrogen) atoms. The van der Waals surface area contributed by atoms with Gasteiger partial charge in [-0.1, -0.05) is 67.4 Å². The second-order valence-corrected chi connectivity index (χ2v) is 13.0. The van der Waals surface area contributed by atoms with E-state index in [1.165, 1.54) is 16.9 Å². The van der Waals surface area contributed by atoms with Crippen LogP contribution in [0.15, 0.2) is 85.1 Å². The van der Waals surface area contributed by atoms with Crippen molar-refractivity contribution in [3.8, 4) is 0 Å². The Hall–Kier alpha value is -4.08. The number of likely N-dealkylation sites (tertiary alicyclic amines) is 1. The number of hydrogen-bond donors (Lipinski definition) is 3. The van der Waals surface area contributed by atoms with Gasteiger partial charge >= 0.3 is 0 Å². The van der Waals surface area contributed by atoms with Gasteiger partial charge in [0.2, 0.25) is 11.8 Å². The maximum absolute atomic E-state index is 13.4. The van der Waals surface area contributed by atoms with Crippen molar-refractivity contribution in [2.45, 2.75) is 69.1 Å². The summed E-state index contributed by atoms with van der Waals surface area (Å²) in [5.74, 6) is -0.498. The van der Waals surface area contributed by atoms with E-state index in [1.54, 1.807) is 0 Å². The third kappa shape index (κ3) is 7.00. The number of piperidine rings is 1. The molecule has 2 aromatic heterocycles. The number of thiophene rings is 1. The molecule has 1 saturated heterocycles. The summed E-state index contributed by atoms with van der Waals surface area (Å²) in [5, 5.41) is 10.3. The molecule has 3 heterocycles. The van der Waals surface area contributed by atoms with Crippen LogP contribution in [0.25, 0.3) is 10.1 Å². The van der Waals surface area contributed by atoms with Gasteiger partial charge in [-0.15, -0.1) is 11.3 Å². The van der Waals surface area contributed by atoms with Crippen LogP contribution in [-0.2, 0) is 16.1 Å². The molecule has 2 fully saturated rings. The van der Waals surface area contributed by atoms with E-state index < -0.39 is 5.54 Å². The minimum atomic E-state index is -0.937. The molecule has 3 N–H and O–H groups in total. The average molecular weight is 610 g/mol. The molecular formula is C35H39N5O3S. The van der Waals surface area contributed by atoms with Crippen molar-refractivity contribution in [3.63, 3.8) is 0 Å². The molecule has 2 unspecified atom stereocenters. The number of fused-ring (bicyclic) bond motifs is 1. The van der Waals surface area contributed by atoms with E-state index >= 15 is 0 Å². The van der Waals surface area contributed by atoms with Crippen molar-refractivity contribution < 1.29 is 14.4 Å². The first-order valence-corrected chi connectivity index (χ1v) is 16.4. The summed E-state index contributed by atoms with van der Waals surface area (Å²) in [5.41, 5.74) is 1.33. The standard InChI is InChI=1S/C35H39N5O3S/c41-32(38-27-16-21-40(24-28-13-6-9-19-36-28)29(23-27)25-10-2-1-3-11-25)15-20-37-34(43)35(17-7-8-18-35)39-33(42)31-22-26-12-4-5-14-30(26)44-31/h1-6,9-14,19,22,27,29H,7-8,15-18,20-21,23-24H2,(H,37,43)(H,38,41)(H,39,42). The molecule has 6 rings (SSSR count). The van der Waals surface area contributed by atoms with E-state index in [0.717, 1.165) is 54.6 Å². The number of aromatic nitrogens is 1. The number of hydrogen-bond acceptors (Lipinski definition) is 6. The first-order valence-electron chi connectivity index (χ1n) is 15.6. The van der Waals surface area contributed by atoms with Crippen LogP contribution in [0.2, 0.25) is 0 Å². The number of benzene rings is 2. The van der Waals surface area contributed by atoms with Gasteiger partial charge in [0.25, 0.3) is 5.91 Å². The third-order valence-electron chi connectivity index (χ3n) is 8.89. The lowest BCUT2D eigenvalue weighted by atomic mass is 9.91. The normalized spacial score (nSPS) is 19.8. The summed E-state index contributed by atoms with van der Waals surface area (Å²) in [6.45, 7) is 1.83. The van der Waals surface area contributed by atoms with Crippen molar-refractivity contribution in [2.24, 2.45) is 0 Å². The van der Waals surface area contributed by atoms with Crippen molar-refractivity contribution >= 4 is 39.1 Å². The van der Waals surface area contributed by atoms with Gasteiger partial charge in [0.05, 0.1) is 10.6 Å². The lowest BCUT2D eigenvalue weighted by molar-refractivity contribution is -0.127. The number of carbonyl (C=O) groups is 3. The zero-order valence-electron chi connectivity index (χ0n) is 24.8. The van der Waals surface area contributed by atoms with Crippen molar-refractivity contribution in [2.75, 3.05) is 13.1 Å². The van der Waals surface area contributed by atoms with E-state index in [1.807, 2.05) is 54.7 Å². The Bertz CT molecular complexity index is 1550. The maximum atomic E-state index is 13.4. The fourth-order valence-electron chi connectivity index (χ4n) is 6.57. The lowest BCUT2D eigenvalue weighted by Gasteiger charge is -2.40. The molecule has 3 amide bonds. The predicted octanol–water partition coefficient (Wildman–Crippen LogP) is 5.37. The summed E-state index contributed by atoms with van der Waals surface area (Å²) in [7, 11) is 0. The average Bonchev–Trinajstić information content (AvgIpc) is 3.71. The highest BCUT2D eigenvalue weighted by molar-refractivity contribution is 7.20. The van der Waals surface area contributed by atoms with Crippen LogP contribution >= 0.6 is 11.3 Å². The Balaban J connectivity index is 1.02. The summed E-state index contributed by atoms with van der Waals surface area (Å²) in [6, 6.07) is 26.4.